The number of imidazole rings is 1. The molecule has 11 heteroatoms. The Bertz CT molecular complexity index is 1130. The smallest absolute Gasteiger partial charge is 0.342 e. The van der Waals surface area contributed by atoms with E-state index in [-0.39, 0.29) is 43.7 Å². The third-order valence-corrected chi connectivity index (χ3v) is 6.36. The van der Waals surface area contributed by atoms with E-state index in [1.807, 2.05) is 0 Å². The van der Waals surface area contributed by atoms with Gasteiger partial charge in [-0.3, -0.25) is 0 Å². The van der Waals surface area contributed by atoms with Gasteiger partial charge in [0.2, 0.25) is 0 Å². The van der Waals surface area contributed by atoms with Gasteiger partial charge < -0.3 is 9.88 Å². The van der Waals surface area contributed by atoms with Gasteiger partial charge in [-0.05, 0) is 66.8 Å². The summed E-state index contributed by atoms with van der Waals surface area (Å²) in [6, 6.07) is 10.6. The van der Waals surface area contributed by atoms with Gasteiger partial charge in [0.25, 0.3) is 0 Å². The molecule has 2 unspecified atom stereocenters. The molecule has 4 rings (SSSR count). The van der Waals surface area contributed by atoms with Gasteiger partial charge in [0.1, 0.15) is 11.6 Å². The van der Waals surface area contributed by atoms with E-state index < -0.39 is 29.7 Å². The Hall–Kier alpha value is -2.59. The van der Waals surface area contributed by atoms with Crippen molar-refractivity contribution >= 4 is 12.4 Å². The Kier molecular flexibility index (Phi) is 8.71. The van der Waals surface area contributed by atoms with Crippen molar-refractivity contribution in [3.63, 3.8) is 0 Å². The van der Waals surface area contributed by atoms with Crippen molar-refractivity contribution in [3.05, 3.63) is 77.5 Å². The van der Waals surface area contributed by atoms with E-state index in [9.17, 15) is 30.7 Å². The van der Waals surface area contributed by atoms with Crippen LogP contribution in [0.15, 0.2) is 54.7 Å². The second-order valence-electron chi connectivity index (χ2n) is 8.92. The number of aromatic amines is 1. The molecule has 2 aromatic carbocycles. The molecule has 196 valence electrons. The van der Waals surface area contributed by atoms with E-state index in [1.165, 1.54) is 36.5 Å². The van der Waals surface area contributed by atoms with Crippen LogP contribution in [-0.4, -0.2) is 40.7 Å². The molecule has 0 bridgehead atoms. The zero-order chi connectivity index (χ0) is 25.2. The lowest BCUT2D eigenvalue weighted by Crippen LogP contribution is -2.42. The van der Waals surface area contributed by atoms with Crippen LogP contribution in [0.4, 0.5) is 30.7 Å². The second-order valence-corrected chi connectivity index (χ2v) is 8.92. The number of piperidine rings is 1. The zero-order valence-electron chi connectivity index (χ0n) is 19.0. The fourth-order valence-corrected chi connectivity index (χ4v) is 4.53. The molecular weight excluding hydrogens is 511 g/mol. The summed E-state index contributed by atoms with van der Waals surface area (Å²) in [6.45, 7) is 0.430. The first-order valence-electron chi connectivity index (χ1n) is 11.2. The van der Waals surface area contributed by atoms with Crippen molar-refractivity contribution in [1.29, 1.82) is 0 Å². The van der Waals surface area contributed by atoms with Crippen LogP contribution >= 0.6 is 12.4 Å². The molecular formula is C25H25ClF7N3. The van der Waals surface area contributed by atoms with Crippen molar-refractivity contribution in [2.45, 2.75) is 37.5 Å². The third kappa shape index (κ3) is 7.00. The van der Waals surface area contributed by atoms with E-state index >= 15 is 0 Å². The van der Waals surface area contributed by atoms with Gasteiger partial charge >= 0.3 is 12.4 Å². The van der Waals surface area contributed by atoms with Crippen LogP contribution in [0, 0.1) is 11.7 Å². The molecule has 1 saturated heterocycles. The number of aromatic nitrogens is 2. The number of halogens is 8. The molecule has 0 saturated carbocycles. The molecule has 0 amide bonds. The maximum atomic E-state index is 13.9. The average Bonchev–Trinajstić information content (AvgIpc) is 3.27. The molecule has 1 N–H and O–H groups in total. The number of rotatable bonds is 6. The Labute approximate surface area is 210 Å². The van der Waals surface area contributed by atoms with Crippen LogP contribution in [0.3, 0.4) is 0 Å². The first-order chi connectivity index (χ1) is 16.5. The minimum Gasteiger partial charge on any atom is -0.342 e. The monoisotopic (exact) mass is 535 g/mol. The highest BCUT2D eigenvalue weighted by molar-refractivity contribution is 5.85. The van der Waals surface area contributed by atoms with E-state index in [0.29, 0.717) is 36.2 Å². The van der Waals surface area contributed by atoms with Gasteiger partial charge in [-0.15, -0.1) is 12.4 Å². The number of benzene rings is 2. The Morgan fingerprint density at radius 1 is 1.03 bits per heavy atom. The van der Waals surface area contributed by atoms with Crippen LogP contribution in [0.5, 0.6) is 0 Å². The van der Waals surface area contributed by atoms with Gasteiger partial charge in [-0.25, -0.2) is 9.37 Å². The van der Waals surface area contributed by atoms with Crippen LogP contribution in [0.1, 0.15) is 35.7 Å². The van der Waals surface area contributed by atoms with Crippen LogP contribution in [0.25, 0.3) is 11.3 Å². The molecule has 2 atom stereocenters. The lowest BCUT2D eigenvalue weighted by Gasteiger charge is -2.35. The maximum absolute atomic E-state index is 13.9. The molecule has 3 aromatic rings. The molecule has 3 nitrogen and oxygen atoms in total. The lowest BCUT2D eigenvalue weighted by atomic mass is 9.89. The Morgan fingerprint density at radius 3 is 2.42 bits per heavy atom. The fourth-order valence-electron chi connectivity index (χ4n) is 4.53. The molecule has 1 aromatic heterocycles. The molecule has 0 aliphatic carbocycles. The number of hydrogen-bond acceptors (Lipinski definition) is 2. The number of H-pyrrole nitrogens is 1. The van der Waals surface area contributed by atoms with Gasteiger partial charge in [-0.2, -0.15) is 26.3 Å². The predicted molar refractivity (Wildman–Crippen MR) is 124 cm³/mol. The Balaban J connectivity index is 0.00000361. The number of alkyl halides is 6. The van der Waals surface area contributed by atoms with E-state index in [4.69, 9.17) is 0 Å². The standard InChI is InChI=1S/C25H24F7N3.ClH/c26-21-8-6-16(7-9-21)22-13-33-23(34-22)12-20(25(30,31)32)15-35-10-2-4-18(14-35)17-3-1-5-19(11-17)24(27,28)29;/h1,3,5-9,11,13,18,20H,2,4,10,12,14-15H2,(H,33,34);1H. The summed E-state index contributed by atoms with van der Waals surface area (Å²) >= 11 is 0. The first kappa shape index (κ1) is 28.0. The molecule has 1 aliphatic rings. The first-order valence-corrected chi connectivity index (χ1v) is 11.2. The molecule has 0 radical (unpaired) electrons. The predicted octanol–water partition coefficient (Wildman–Crippen LogP) is 7.26. The average molecular weight is 536 g/mol. The minimum atomic E-state index is -4.48. The van der Waals surface area contributed by atoms with Crippen molar-refractivity contribution in [1.82, 2.24) is 14.9 Å². The number of nitrogens with zero attached hydrogens (tertiary/aromatic N) is 2. The molecule has 1 fully saturated rings. The van der Waals surface area contributed by atoms with Crippen LogP contribution in [0.2, 0.25) is 0 Å². The van der Waals surface area contributed by atoms with Gasteiger partial charge in [-0.1, -0.05) is 18.2 Å². The maximum Gasteiger partial charge on any atom is 0.416 e. The highest BCUT2D eigenvalue weighted by atomic mass is 35.5. The SMILES string of the molecule is Cl.Fc1ccc(-c2cnc(CC(CN3CCCC(c4cccc(C(F)(F)F)c4)C3)C(F)(F)F)[nH]2)cc1. The summed E-state index contributed by atoms with van der Waals surface area (Å²) in [5.41, 5.74) is 0.829. The number of likely N-dealkylation sites (tertiary alicyclic amines) is 1. The molecule has 1 aliphatic heterocycles. The van der Waals surface area contributed by atoms with Crippen LogP contribution in [-0.2, 0) is 12.6 Å². The summed E-state index contributed by atoms with van der Waals surface area (Å²) in [6.07, 6.45) is -6.68. The Morgan fingerprint density at radius 2 is 1.75 bits per heavy atom. The van der Waals surface area contributed by atoms with Gasteiger partial charge in [0.05, 0.1) is 23.4 Å². The van der Waals surface area contributed by atoms with Crippen molar-refractivity contribution in [2.75, 3.05) is 19.6 Å². The summed E-state index contributed by atoms with van der Waals surface area (Å²) in [7, 11) is 0. The van der Waals surface area contributed by atoms with E-state index in [2.05, 4.69) is 9.97 Å². The fraction of sp³-hybridized carbons (Fsp3) is 0.400. The summed E-state index contributed by atoms with van der Waals surface area (Å²) < 4.78 is 94.1. The highest BCUT2D eigenvalue weighted by Gasteiger charge is 2.41. The van der Waals surface area contributed by atoms with Crippen LogP contribution < -0.4 is 0 Å². The minimum absolute atomic E-state index is 0. The van der Waals surface area contributed by atoms with Crippen molar-refractivity contribution < 1.29 is 30.7 Å². The summed E-state index contributed by atoms with van der Waals surface area (Å²) in [5.74, 6) is -2.22. The topological polar surface area (TPSA) is 31.9 Å². The number of hydrogen-bond donors (Lipinski definition) is 1. The summed E-state index contributed by atoms with van der Waals surface area (Å²) in [5, 5.41) is 0. The van der Waals surface area contributed by atoms with E-state index in [1.54, 1.807) is 11.0 Å². The van der Waals surface area contributed by atoms with Gasteiger partial charge in [0, 0.05) is 19.5 Å². The zero-order valence-corrected chi connectivity index (χ0v) is 19.9. The third-order valence-electron chi connectivity index (χ3n) is 6.36. The molecule has 0 spiro atoms. The quantitative estimate of drug-likeness (QED) is 0.337. The van der Waals surface area contributed by atoms with Gasteiger partial charge in [0.15, 0.2) is 0 Å². The number of nitrogens with one attached hydrogen (secondary N) is 1. The second kappa shape index (κ2) is 11.2. The molecule has 2 heterocycles. The van der Waals surface area contributed by atoms with E-state index in [0.717, 1.165) is 12.1 Å². The van der Waals surface area contributed by atoms with Crippen molar-refractivity contribution in [2.24, 2.45) is 5.92 Å². The van der Waals surface area contributed by atoms with Crippen molar-refractivity contribution in [3.8, 4) is 11.3 Å². The largest absolute Gasteiger partial charge is 0.416 e. The lowest BCUT2D eigenvalue weighted by molar-refractivity contribution is -0.180. The molecule has 36 heavy (non-hydrogen) atoms. The highest BCUT2D eigenvalue weighted by Crippen LogP contribution is 2.35. The normalized spacial score (nSPS) is 18.0. The summed E-state index contributed by atoms with van der Waals surface area (Å²) in [4.78, 5) is 8.64.